The standard InChI is InChI=1S/C23H28FN3O3.H2O.H2/c1-26-14-2-4-19(26)16-29-27-15-3-5-22(27)23(28)25-18-8-12-21(13-9-18)30-20-10-6-17(24)7-11-20;;/h6-13,19,22H,2-5,14-16H2,1H3,(H,25,28);1H2;1H/t19?,22-;;/m0../s1. The number of carbonyl (C=O) groups is 1. The molecule has 2 atom stereocenters. The molecule has 0 aromatic heterocycles. The number of benzene rings is 2. The molecule has 0 saturated carbocycles. The lowest BCUT2D eigenvalue weighted by molar-refractivity contribution is -0.181. The van der Waals surface area contributed by atoms with E-state index in [4.69, 9.17) is 9.57 Å². The molecular weight excluding hydrogens is 401 g/mol. The third-order valence-corrected chi connectivity index (χ3v) is 5.78. The van der Waals surface area contributed by atoms with Gasteiger partial charge in [-0.15, -0.1) is 0 Å². The Morgan fingerprint density at radius 1 is 1.06 bits per heavy atom. The quantitative estimate of drug-likeness (QED) is 0.723. The molecule has 2 aliphatic heterocycles. The molecule has 2 aliphatic rings. The summed E-state index contributed by atoms with van der Waals surface area (Å²) in [6.07, 6.45) is 4.09. The largest absolute Gasteiger partial charge is 0.457 e. The van der Waals surface area contributed by atoms with Crippen molar-refractivity contribution < 1.29 is 25.7 Å². The third-order valence-electron chi connectivity index (χ3n) is 5.78. The molecule has 0 radical (unpaired) electrons. The zero-order chi connectivity index (χ0) is 20.9. The summed E-state index contributed by atoms with van der Waals surface area (Å²) in [5.41, 5.74) is 0.703. The van der Waals surface area contributed by atoms with Crippen molar-refractivity contribution in [2.45, 2.75) is 37.8 Å². The average Bonchev–Trinajstić information content (AvgIpc) is 3.38. The number of likely N-dealkylation sites (N-methyl/N-ethyl adjacent to an activating group) is 1. The van der Waals surface area contributed by atoms with Crippen LogP contribution in [-0.4, -0.2) is 60.2 Å². The van der Waals surface area contributed by atoms with Crippen LogP contribution in [0.3, 0.4) is 0 Å². The van der Waals surface area contributed by atoms with Crippen LogP contribution in [0.2, 0.25) is 0 Å². The number of ether oxygens (including phenoxy) is 1. The first-order chi connectivity index (χ1) is 14.6. The topological polar surface area (TPSA) is 85.5 Å². The van der Waals surface area contributed by atoms with Crippen LogP contribution in [0, 0.1) is 5.82 Å². The fourth-order valence-electron chi connectivity index (χ4n) is 4.00. The van der Waals surface area contributed by atoms with Crippen molar-refractivity contribution >= 4 is 11.6 Å². The van der Waals surface area contributed by atoms with Gasteiger partial charge < -0.3 is 20.4 Å². The normalized spacial score (nSPS) is 21.6. The van der Waals surface area contributed by atoms with Gasteiger partial charge in [0.2, 0.25) is 5.91 Å². The van der Waals surface area contributed by atoms with Crippen molar-refractivity contribution in [1.29, 1.82) is 0 Å². The molecule has 7 nitrogen and oxygen atoms in total. The number of likely N-dealkylation sites (tertiary alicyclic amines) is 1. The fraction of sp³-hybridized carbons (Fsp3) is 0.435. The zero-order valence-electron chi connectivity index (χ0n) is 17.7. The lowest BCUT2D eigenvalue weighted by atomic mass is 10.2. The van der Waals surface area contributed by atoms with Crippen LogP contribution in [0.4, 0.5) is 10.1 Å². The maximum absolute atomic E-state index is 13.0. The van der Waals surface area contributed by atoms with Crippen molar-refractivity contribution in [1.82, 2.24) is 9.96 Å². The number of rotatable bonds is 7. The highest BCUT2D eigenvalue weighted by atomic mass is 19.1. The minimum atomic E-state index is -0.305. The summed E-state index contributed by atoms with van der Waals surface area (Å²) in [5.74, 6) is 0.811. The predicted molar refractivity (Wildman–Crippen MR) is 119 cm³/mol. The second-order valence-electron chi connectivity index (χ2n) is 7.94. The van der Waals surface area contributed by atoms with E-state index >= 15 is 0 Å². The smallest absolute Gasteiger partial charge is 0.244 e. The van der Waals surface area contributed by atoms with E-state index in [2.05, 4.69) is 17.3 Å². The van der Waals surface area contributed by atoms with Gasteiger partial charge in [-0.05, 0) is 87.8 Å². The van der Waals surface area contributed by atoms with Gasteiger partial charge in [-0.2, -0.15) is 5.06 Å². The van der Waals surface area contributed by atoms with Crippen LogP contribution >= 0.6 is 0 Å². The summed E-state index contributed by atoms with van der Waals surface area (Å²) >= 11 is 0. The molecule has 2 aromatic carbocycles. The average molecular weight is 434 g/mol. The highest BCUT2D eigenvalue weighted by Crippen LogP contribution is 2.25. The molecule has 2 aromatic rings. The van der Waals surface area contributed by atoms with Crippen molar-refractivity contribution in [2.75, 3.05) is 32.1 Å². The molecule has 2 heterocycles. The second kappa shape index (κ2) is 10.7. The summed E-state index contributed by atoms with van der Waals surface area (Å²) in [5, 5.41) is 4.81. The van der Waals surface area contributed by atoms with Crippen molar-refractivity contribution in [3.63, 3.8) is 0 Å². The molecule has 1 unspecified atom stereocenters. The van der Waals surface area contributed by atoms with Crippen molar-refractivity contribution in [2.24, 2.45) is 0 Å². The number of nitrogens with one attached hydrogen (secondary N) is 1. The van der Waals surface area contributed by atoms with Gasteiger partial charge in [-0.1, -0.05) is 0 Å². The van der Waals surface area contributed by atoms with E-state index in [0.717, 1.165) is 32.4 Å². The Labute approximate surface area is 183 Å². The minimum Gasteiger partial charge on any atom is -0.457 e. The molecule has 8 heteroatoms. The summed E-state index contributed by atoms with van der Waals surface area (Å²) in [6.45, 7) is 2.52. The predicted octanol–water partition coefficient (Wildman–Crippen LogP) is 3.47. The Morgan fingerprint density at radius 3 is 2.35 bits per heavy atom. The van der Waals surface area contributed by atoms with E-state index in [1.807, 2.05) is 5.06 Å². The SMILES string of the molecule is CN1CCCC1CON1CCC[C@H]1C(=O)Nc1ccc(Oc2ccc(F)cc2)cc1.O.[HH]. The van der Waals surface area contributed by atoms with Crippen molar-refractivity contribution in [3.8, 4) is 11.5 Å². The van der Waals surface area contributed by atoms with Crippen molar-refractivity contribution in [3.05, 3.63) is 54.3 Å². The van der Waals surface area contributed by atoms with Gasteiger partial charge in [0.1, 0.15) is 23.4 Å². The third kappa shape index (κ3) is 6.01. The van der Waals surface area contributed by atoms with Crippen LogP contribution < -0.4 is 10.1 Å². The summed E-state index contributed by atoms with van der Waals surface area (Å²) in [4.78, 5) is 21.1. The van der Waals surface area contributed by atoms with Gasteiger partial charge in [0.05, 0.1) is 6.61 Å². The Morgan fingerprint density at radius 2 is 1.71 bits per heavy atom. The summed E-state index contributed by atoms with van der Waals surface area (Å²) in [7, 11) is 2.12. The van der Waals surface area contributed by atoms with Gasteiger partial charge in [0.15, 0.2) is 0 Å². The highest BCUT2D eigenvalue weighted by molar-refractivity contribution is 5.94. The van der Waals surface area contributed by atoms with Gasteiger partial charge >= 0.3 is 0 Å². The first-order valence-corrected chi connectivity index (χ1v) is 10.5. The number of anilines is 1. The molecule has 170 valence electrons. The fourth-order valence-corrected chi connectivity index (χ4v) is 4.00. The zero-order valence-corrected chi connectivity index (χ0v) is 17.7. The number of halogens is 1. The lowest BCUT2D eigenvalue weighted by Gasteiger charge is -2.26. The molecule has 1 amide bonds. The van der Waals surface area contributed by atoms with Crippen LogP contribution in [0.1, 0.15) is 27.1 Å². The Bertz CT molecular complexity index is 853. The van der Waals surface area contributed by atoms with E-state index in [1.165, 1.54) is 18.6 Å². The van der Waals surface area contributed by atoms with E-state index in [1.54, 1.807) is 36.4 Å². The first kappa shape index (κ1) is 23.1. The van der Waals surface area contributed by atoms with E-state index in [0.29, 0.717) is 29.8 Å². The van der Waals surface area contributed by atoms with Crippen LogP contribution in [0.15, 0.2) is 48.5 Å². The molecule has 2 saturated heterocycles. The number of hydrogen-bond donors (Lipinski definition) is 1. The highest BCUT2D eigenvalue weighted by Gasteiger charge is 2.33. The summed E-state index contributed by atoms with van der Waals surface area (Å²) in [6, 6.07) is 13.2. The van der Waals surface area contributed by atoms with Gasteiger partial charge in [0, 0.05) is 19.7 Å². The maximum atomic E-state index is 13.0. The van der Waals surface area contributed by atoms with Crippen LogP contribution in [-0.2, 0) is 9.63 Å². The first-order valence-electron chi connectivity index (χ1n) is 10.5. The molecule has 0 aliphatic carbocycles. The molecule has 2 fully saturated rings. The second-order valence-corrected chi connectivity index (χ2v) is 7.94. The Balaban J connectivity index is 0.00000181. The monoisotopic (exact) mass is 433 g/mol. The van der Waals surface area contributed by atoms with Crippen LogP contribution in [0.25, 0.3) is 0 Å². The number of hydroxylamine groups is 2. The molecule has 0 spiro atoms. The summed E-state index contributed by atoms with van der Waals surface area (Å²) < 4.78 is 18.7. The Hall–Kier alpha value is -2.52. The van der Waals surface area contributed by atoms with E-state index < -0.39 is 0 Å². The number of carbonyl (C=O) groups excluding carboxylic acids is 1. The molecule has 3 N–H and O–H groups in total. The number of nitrogens with zero attached hydrogens (tertiary/aromatic N) is 2. The number of hydrogen-bond acceptors (Lipinski definition) is 5. The van der Waals surface area contributed by atoms with E-state index in [-0.39, 0.29) is 24.7 Å². The lowest BCUT2D eigenvalue weighted by Crippen LogP contribution is -2.42. The molecule has 4 rings (SSSR count). The van der Waals surface area contributed by atoms with Gasteiger partial charge in [-0.25, -0.2) is 4.39 Å². The minimum absolute atomic E-state index is 0. The molecule has 31 heavy (non-hydrogen) atoms. The number of amides is 1. The molecule has 0 bridgehead atoms. The van der Waals surface area contributed by atoms with Crippen LogP contribution in [0.5, 0.6) is 11.5 Å². The maximum Gasteiger partial charge on any atom is 0.244 e. The Kier molecular flexibility index (Phi) is 7.97. The van der Waals surface area contributed by atoms with Gasteiger partial charge in [-0.3, -0.25) is 9.63 Å². The molecular formula is C23H32FN3O4. The van der Waals surface area contributed by atoms with E-state index in [9.17, 15) is 9.18 Å². The van der Waals surface area contributed by atoms with Gasteiger partial charge in [0.25, 0.3) is 0 Å².